The topological polar surface area (TPSA) is 24.5 Å². The SMILES string of the molecule is CCOc1ccc(N2CC(C)(CC)NCC2C)cc1. The van der Waals surface area contributed by atoms with Gasteiger partial charge in [0.05, 0.1) is 6.61 Å². The molecule has 0 radical (unpaired) electrons. The minimum atomic E-state index is 0.213. The van der Waals surface area contributed by atoms with Crippen molar-refractivity contribution in [3.63, 3.8) is 0 Å². The van der Waals surface area contributed by atoms with Crippen LogP contribution < -0.4 is 15.0 Å². The number of piperazine rings is 1. The molecule has 1 N–H and O–H groups in total. The molecule has 0 bridgehead atoms. The van der Waals surface area contributed by atoms with E-state index in [1.165, 1.54) is 5.69 Å². The van der Waals surface area contributed by atoms with Crippen molar-refractivity contribution in [2.24, 2.45) is 0 Å². The van der Waals surface area contributed by atoms with Gasteiger partial charge in [-0.05, 0) is 51.5 Å². The Morgan fingerprint density at radius 2 is 2.00 bits per heavy atom. The van der Waals surface area contributed by atoms with Gasteiger partial charge < -0.3 is 15.0 Å². The Morgan fingerprint density at radius 3 is 2.58 bits per heavy atom. The lowest BCUT2D eigenvalue weighted by Crippen LogP contribution is -2.62. The van der Waals surface area contributed by atoms with Crippen molar-refractivity contribution >= 4 is 5.69 Å². The second kappa shape index (κ2) is 5.83. The largest absolute Gasteiger partial charge is 0.494 e. The molecule has 1 heterocycles. The third-order valence-electron chi connectivity index (χ3n) is 4.14. The van der Waals surface area contributed by atoms with Crippen LogP contribution in [0.1, 0.15) is 34.1 Å². The molecule has 1 fully saturated rings. The standard InChI is InChI=1S/C16H26N2O/c1-5-16(4)12-18(13(3)11-17-16)14-7-9-15(10-8-14)19-6-2/h7-10,13,17H,5-6,11-12H2,1-4H3. The first kappa shape index (κ1) is 14.2. The van der Waals surface area contributed by atoms with Crippen molar-refractivity contribution in [1.29, 1.82) is 0 Å². The molecule has 1 aromatic carbocycles. The minimum Gasteiger partial charge on any atom is -0.494 e. The highest BCUT2D eigenvalue weighted by Crippen LogP contribution is 2.26. The molecule has 106 valence electrons. The van der Waals surface area contributed by atoms with Crippen LogP contribution in [-0.4, -0.2) is 31.3 Å². The molecular weight excluding hydrogens is 236 g/mol. The molecule has 0 aliphatic carbocycles. The zero-order valence-corrected chi connectivity index (χ0v) is 12.6. The fraction of sp³-hybridized carbons (Fsp3) is 0.625. The van der Waals surface area contributed by atoms with Crippen molar-refractivity contribution < 1.29 is 4.74 Å². The summed E-state index contributed by atoms with van der Waals surface area (Å²) >= 11 is 0. The summed E-state index contributed by atoms with van der Waals surface area (Å²) in [6.45, 7) is 11.7. The van der Waals surface area contributed by atoms with E-state index < -0.39 is 0 Å². The lowest BCUT2D eigenvalue weighted by atomic mass is 9.93. The van der Waals surface area contributed by atoms with E-state index in [9.17, 15) is 0 Å². The van der Waals surface area contributed by atoms with E-state index in [4.69, 9.17) is 4.74 Å². The van der Waals surface area contributed by atoms with E-state index >= 15 is 0 Å². The van der Waals surface area contributed by atoms with Crippen LogP contribution in [0.4, 0.5) is 5.69 Å². The minimum absolute atomic E-state index is 0.213. The predicted molar refractivity (Wildman–Crippen MR) is 81.1 cm³/mol. The molecule has 0 amide bonds. The van der Waals surface area contributed by atoms with E-state index in [1.807, 2.05) is 6.92 Å². The summed E-state index contributed by atoms with van der Waals surface area (Å²) in [7, 11) is 0. The summed E-state index contributed by atoms with van der Waals surface area (Å²) in [5, 5.41) is 3.66. The Hall–Kier alpha value is -1.22. The quantitative estimate of drug-likeness (QED) is 0.902. The third kappa shape index (κ3) is 3.21. The Morgan fingerprint density at radius 1 is 1.32 bits per heavy atom. The highest BCUT2D eigenvalue weighted by molar-refractivity contribution is 5.51. The van der Waals surface area contributed by atoms with E-state index in [-0.39, 0.29) is 5.54 Å². The first-order valence-corrected chi connectivity index (χ1v) is 7.32. The van der Waals surface area contributed by atoms with Crippen LogP contribution in [0.25, 0.3) is 0 Å². The van der Waals surface area contributed by atoms with Gasteiger partial charge in [0, 0.05) is 30.4 Å². The highest BCUT2D eigenvalue weighted by Gasteiger charge is 2.32. The maximum atomic E-state index is 5.51. The van der Waals surface area contributed by atoms with Crippen LogP contribution in [0.2, 0.25) is 0 Å². The Labute approximate surface area is 116 Å². The average molecular weight is 262 g/mol. The van der Waals surface area contributed by atoms with Crippen LogP contribution in [0.15, 0.2) is 24.3 Å². The van der Waals surface area contributed by atoms with Crippen molar-refractivity contribution in [2.75, 3.05) is 24.6 Å². The van der Waals surface area contributed by atoms with Crippen LogP contribution in [0.3, 0.4) is 0 Å². The first-order chi connectivity index (χ1) is 9.08. The van der Waals surface area contributed by atoms with Gasteiger partial charge in [-0.1, -0.05) is 6.92 Å². The van der Waals surface area contributed by atoms with Gasteiger partial charge in [-0.3, -0.25) is 0 Å². The van der Waals surface area contributed by atoms with Crippen molar-refractivity contribution in [1.82, 2.24) is 5.32 Å². The Kier molecular flexibility index (Phi) is 4.35. The maximum absolute atomic E-state index is 5.51. The molecule has 2 rings (SSSR count). The van der Waals surface area contributed by atoms with Crippen LogP contribution in [-0.2, 0) is 0 Å². The van der Waals surface area contributed by atoms with Gasteiger partial charge in [0.25, 0.3) is 0 Å². The second-order valence-electron chi connectivity index (χ2n) is 5.70. The third-order valence-corrected chi connectivity index (χ3v) is 4.14. The molecule has 1 aliphatic rings. The molecule has 0 saturated carbocycles. The van der Waals surface area contributed by atoms with Crippen LogP contribution in [0.5, 0.6) is 5.75 Å². The number of ether oxygens (including phenoxy) is 1. The number of benzene rings is 1. The number of hydrogen-bond donors (Lipinski definition) is 1. The van der Waals surface area contributed by atoms with E-state index in [1.54, 1.807) is 0 Å². The fourth-order valence-corrected chi connectivity index (χ4v) is 2.58. The number of rotatable bonds is 4. The molecule has 3 nitrogen and oxygen atoms in total. The normalized spacial score (nSPS) is 27.4. The van der Waals surface area contributed by atoms with Gasteiger partial charge in [-0.25, -0.2) is 0 Å². The monoisotopic (exact) mass is 262 g/mol. The van der Waals surface area contributed by atoms with Crippen LogP contribution >= 0.6 is 0 Å². The lowest BCUT2D eigenvalue weighted by molar-refractivity contribution is 0.285. The molecule has 1 aliphatic heterocycles. The number of anilines is 1. The van der Waals surface area contributed by atoms with Crippen molar-refractivity contribution in [3.05, 3.63) is 24.3 Å². The zero-order chi connectivity index (χ0) is 13.9. The Bertz CT molecular complexity index is 404. The summed E-state index contributed by atoms with van der Waals surface area (Å²) in [6, 6.07) is 9.00. The summed E-state index contributed by atoms with van der Waals surface area (Å²) in [4.78, 5) is 2.50. The first-order valence-electron chi connectivity index (χ1n) is 7.32. The smallest absolute Gasteiger partial charge is 0.119 e. The van der Waals surface area contributed by atoms with E-state index in [0.29, 0.717) is 6.04 Å². The lowest BCUT2D eigenvalue weighted by Gasteiger charge is -2.46. The van der Waals surface area contributed by atoms with Gasteiger partial charge in [0.15, 0.2) is 0 Å². The van der Waals surface area contributed by atoms with Crippen molar-refractivity contribution in [3.8, 4) is 5.75 Å². The molecule has 1 saturated heterocycles. The summed E-state index contributed by atoms with van der Waals surface area (Å²) < 4.78 is 5.51. The molecule has 1 aromatic rings. The van der Waals surface area contributed by atoms with Gasteiger partial charge in [-0.2, -0.15) is 0 Å². The molecule has 19 heavy (non-hydrogen) atoms. The molecule has 0 spiro atoms. The van der Waals surface area contributed by atoms with E-state index in [0.717, 1.165) is 31.9 Å². The van der Waals surface area contributed by atoms with Crippen molar-refractivity contribution in [2.45, 2.75) is 45.7 Å². The number of nitrogens with one attached hydrogen (secondary N) is 1. The van der Waals surface area contributed by atoms with Gasteiger partial charge in [0.1, 0.15) is 5.75 Å². The van der Waals surface area contributed by atoms with Gasteiger partial charge in [-0.15, -0.1) is 0 Å². The predicted octanol–water partition coefficient (Wildman–Crippen LogP) is 3.05. The zero-order valence-electron chi connectivity index (χ0n) is 12.6. The second-order valence-corrected chi connectivity index (χ2v) is 5.70. The number of nitrogens with zero attached hydrogens (tertiary/aromatic N) is 1. The molecular formula is C16H26N2O. The van der Waals surface area contributed by atoms with Gasteiger partial charge in [0.2, 0.25) is 0 Å². The van der Waals surface area contributed by atoms with Crippen LogP contribution in [0, 0.1) is 0 Å². The molecule has 2 atom stereocenters. The maximum Gasteiger partial charge on any atom is 0.119 e. The summed E-state index contributed by atoms with van der Waals surface area (Å²) in [5.74, 6) is 0.951. The van der Waals surface area contributed by atoms with E-state index in [2.05, 4.69) is 55.3 Å². The summed E-state index contributed by atoms with van der Waals surface area (Å²) in [5.41, 5.74) is 1.50. The fourth-order valence-electron chi connectivity index (χ4n) is 2.58. The Balaban J connectivity index is 2.14. The average Bonchev–Trinajstić information content (AvgIpc) is 2.43. The molecule has 3 heteroatoms. The molecule has 2 unspecified atom stereocenters. The number of hydrogen-bond acceptors (Lipinski definition) is 3. The summed E-state index contributed by atoms with van der Waals surface area (Å²) in [6.07, 6.45) is 1.15. The highest BCUT2D eigenvalue weighted by atomic mass is 16.5. The molecule has 0 aromatic heterocycles. The van der Waals surface area contributed by atoms with Gasteiger partial charge >= 0.3 is 0 Å².